The summed E-state index contributed by atoms with van der Waals surface area (Å²) in [6.07, 6.45) is 3.69. The Hall–Kier alpha value is -1.22. The summed E-state index contributed by atoms with van der Waals surface area (Å²) >= 11 is 3.77. The number of hydrogen-bond acceptors (Lipinski definition) is 2. The van der Waals surface area contributed by atoms with Crippen LogP contribution >= 0.6 is 15.9 Å². The van der Waals surface area contributed by atoms with Gasteiger partial charge in [0.15, 0.2) is 0 Å². The number of alkyl halides is 1. The molecule has 1 aliphatic rings. The van der Waals surface area contributed by atoms with Crippen LogP contribution in [0.15, 0.2) is 34.9 Å². The molecule has 1 aliphatic heterocycles. The van der Waals surface area contributed by atoms with E-state index in [0.29, 0.717) is 0 Å². The standard InChI is InChI=1S/C15H15BrO2/c1-2-13-12(6-8-17-13)15(16)11-3-4-14-10(9-11)5-7-18-14/h3-4,6,8-9,15H,2,5,7H2,1H3. The fourth-order valence-electron chi connectivity index (χ4n) is 2.41. The predicted octanol–water partition coefficient (Wildman–Crippen LogP) is 4.26. The van der Waals surface area contributed by atoms with Gasteiger partial charge < -0.3 is 9.15 Å². The number of furan rings is 1. The van der Waals surface area contributed by atoms with Gasteiger partial charge in [-0.2, -0.15) is 0 Å². The Kier molecular flexibility index (Phi) is 3.16. The molecule has 94 valence electrons. The number of ether oxygens (including phenoxy) is 1. The minimum atomic E-state index is 0.192. The third kappa shape index (κ3) is 1.97. The molecule has 18 heavy (non-hydrogen) atoms. The van der Waals surface area contributed by atoms with Gasteiger partial charge in [-0.3, -0.25) is 0 Å². The van der Waals surface area contributed by atoms with Gasteiger partial charge in [0.05, 0.1) is 17.7 Å². The van der Waals surface area contributed by atoms with E-state index < -0.39 is 0 Å². The average molecular weight is 307 g/mol. The SMILES string of the molecule is CCc1occc1C(Br)c1ccc2c(c1)CCO2. The molecule has 0 saturated carbocycles. The third-order valence-electron chi connectivity index (χ3n) is 3.38. The first-order valence-electron chi connectivity index (χ1n) is 6.25. The monoisotopic (exact) mass is 306 g/mol. The fraction of sp³-hybridized carbons (Fsp3) is 0.333. The Labute approximate surface area is 115 Å². The first kappa shape index (κ1) is 11.8. The van der Waals surface area contributed by atoms with E-state index in [0.717, 1.165) is 31.0 Å². The lowest BCUT2D eigenvalue weighted by atomic mass is 10.0. The van der Waals surface area contributed by atoms with Crippen molar-refractivity contribution >= 4 is 15.9 Å². The molecular formula is C15H15BrO2. The highest BCUT2D eigenvalue weighted by atomic mass is 79.9. The summed E-state index contributed by atoms with van der Waals surface area (Å²) in [5, 5.41) is 0. The lowest BCUT2D eigenvalue weighted by molar-refractivity contribution is 0.357. The van der Waals surface area contributed by atoms with Gasteiger partial charge in [-0.1, -0.05) is 35.0 Å². The molecule has 0 radical (unpaired) electrons. The maximum Gasteiger partial charge on any atom is 0.122 e. The van der Waals surface area contributed by atoms with Gasteiger partial charge >= 0.3 is 0 Å². The highest BCUT2D eigenvalue weighted by Gasteiger charge is 2.19. The fourth-order valence-corrected chi connectivity index (χ4v) is 3.10. The van der Waals surface area contributed by atoms with Crippen LogP contribution in [0.25, 0.3) is 0 Å². The zero-order valence-electron chi connectivity index (χ0n) is 10.3. The third-order valence-corrected chi connectivity index (χ3v) is 4.40. The van der Waals surface area contributed by atoms with Gasteiger partial charge in [0, 0.05) is 18.4 Å². The number of benzene rings is 1. The maximum atomic E-state index is 5.53. The molecule has 0 bridgehead atoms. The molecule has 2 heterocycles. The first-order chi connectivity index (χ1) is 8.79. The van der Waals surface area contributed by atoms with Crippen molar-refractivity contribution in [3.8, 4) is 5.75 Å². The van der Waals surface area contributed by atoms with Crippen LogP contribution in [0.4, 0.5) is 0 Å². The summed E-state index contributed by atoms with van der Waals surface area (Å²) in [6.45, 7) is 2.91. The minimum absolute atomic E-state index is 0.192. The van der Waals surface area contributed by atoms with Crippen molar-refractivity contribution in [3.63, 3.8) is 0 Å². The second-order valence-electron chi connectivity index (χ2n) is 4.48. The molecule has 0 N–H and O–H groups in total. The van der Waals surface area contributed by atoms with Gasteiger partial charge in [-0.25, -0.2) is 0 Å². The van der Waals surface area contributed by atoms with Gasteiger partial charge in [0.25, 0.3) is 0 Å². The molecule has 0 spiro atoms. The Morgan fingerprint density at radius 3 is 3.06 bits per heavy atom. The van der Waals surface area contributed by atoms with Crippen molar-refractivity contribution in [1.29, 1.82) is 0 Å². The topological polar surface area (TPSA) is 22.4 Å². The van der Waals surface area contributed by atoms with Crippen molar-refractivity contribution in [2.45, 2.75) is 24.6 Å². The molecule has 1 unspecified atom stereocenters. The summed E-state index contributed by atoms with van der Waals surface area (Å²) in [6, 6.07) is 8.46. The zero-order valence-corrected chi connectivity index (χ0v) is 11.9. The molecule has 1 aromatic heterocycles. The highest BCUT2D eigenvalue weighted by Crippen LogP contribution is 2.37. The van der Waals surface area contributed by atoms with E-state index in [2.05, 4.69) is 41.1 Å². The predicted molar refractivity (Wildman–Crippen MR) is 74.5 cm³/mol. The molecule has 3 rings (SSSR count). The van der Waals surface area contributed by atoms with Crippen LogP contribution in [0.2, 0.25) is 0 Å². The second kappa shape index (κ2) is 4.81. The summed E-state index contributed by atoms with van der Waals surface area (Å²) in [4.78, 5) is 0.192. The van der Waals surface area contributed by atoms with Crippen molar-refractivity contribution in [2.75, 3.05) is 6.61 Å². The van der Waals surface area contributed by atoms with E-state index in [1.807, 2.05) is 6.07 Å². The van der Waals surface area contributed by atoms with Crippen LogP contribution in [0, 0.1) is 0 Å². The van der Waals surface area contributed by atoms with E-state index in [-0.39, 0.29) is 4.83 Å². The van der Waals surface area contributed by atoms with E-state index in [1.165, 1.54) is 16.7 Å². The molecule has 0 saturated heterocycles. The second-order valence-corrected chi connectivity index (χ2v) is 5.40. The lowest BCUT2D eigenvalue weighted by Crippen LogP contribution is -1.95. The van der Waals surface area contributed by atoms with Gasteiger partial charge in [0.1, 0.15) is 11.5 Å². The largest absolute Gasteiger partial charge is 0.493 e. The van der Waals surface area contributed by atoms with Crippen molar-refractivity contribution in [2.24, 2.45) is 0 Å². The molecule has 2 nitrogen and oxygen atoms in total. The van der Waals surface area contributed by atoms with Gasteiger partial charge in [-0.15, -0.1) is 0 Å². The number of halogens is 1. The van der Waals surface area contributed by atoms with Crippen LogP contribution in [-0.4, -0.2) is 6.61 Å². The smallest absolute Gasteiger partial charge is 0.122 e. The summed E-state index contributed by atoms with van der Waals surface area (Å²) < 4.78 is 11.0. The lowest BCUT2D eigenvalue weighted by Gasteiger charge is -2.11. The van der Waals surface area contributed by atoms with E-state index in [4.69, 9.17) is 9.15 Å². The van der Waals surface area contributed by atoms with Gasteiger partial charge in [0.2, 0.25) is 0 Å². The highest BCUT2D eigenvalue weighted by molar-refractivity contribution is 9.09. The Balaban J connectivity index is 1.95. The Bertz CT molecular complexity index is 559. The molecule has 0 fully saturated rings. The van der Waals surface area contributed by atoms with Crippen LogP contribution in [0.5, 0.6) is 5.75 Å². The zero-order chi connectivity index (χ0) is 12.5. The van der Waals surface area contributed by atoms with Crippen molar-refractivity contribution in [3.05, 3.63) is 53.0 Å². The van der Waals surface area contributed by atoms with Crippen molar-refractivity contribution in [1.82, 2.24) is 0 Å². The Morgan fingerprint density at radius 2 is 2.22 bits per heavy atom. The van der Waals surface area contributed by atoms with E-state index in [9.17, 15) is 0 Å². The normalized spacial score (nSPS) is 15.2. The summed E-state index contributed by atoms with van der Waals surface area (Å²) in [5.74, 6) is 2.08. The number of rotatable bonds is 3. The molecule has 0 amide bonds. The number of aryl methyl sites for hydroxylation is 1. The summed E-state index contributed by atoms with van der Waals surface area (Å²) in [7, 11) is 0. The van der Waals surface area contributed by atoms with Crippen molar-refractivity contribution < 1.29 is 9.15 Å². The molecule has 1 atom stereocenters. The average Bonchev–Trinajstić information content (AvgIpc) is 3.05. The molecule has 2 aromatic rings. The summed E-state index contributed by atoms with van der Waals surface area (Å²) in [5.41, 5.74) is 3.78. The van der Waals surface area contributed by atoms with Crippen LogP contribution in [0.1, 0.15) is 34.2 Å². The number of hydrogen-bond donors (Lipinski definition) is 0. The quantitative estimate of drug-likeness (QED) is 0.791. The molecule has 0 aliphatic carbocycles. The maximum absolute atomic E-state index is 5.53. The number of fused-ring (bicyclic) bond motifs is 1. The first-order valence-corrected chi connectivity index (χ1v) is 7.17. The molecule has 3 heteroatoms. The Morgan fingerprint density at radius 1 is 1.33 bits per heavy atom. The molecule has 1 aromatic carbocycles. The molecular weight excluding hydrogens is 292 g/mol. The van der Waals surface area contributed by atoms with Crippen LogP contribution in [-0.2, 0) is 12.8 Å². The van der Waals surface area contributed by atoms with E-state index >= 15 is 0 Å². The van der Waals surface area contributed by atoms with Crippen LogP contribution in [0.3, 0.4) is 0 Å². The van der Waals surface area contributed by atoms with Gasteiger partial charge in [-0.05, 0) is 23.3 Å². The van der Waals surface area contributed by atoms with Crippen LogP contribution < -0.4 is 4.74 Å². The van der Waals surface area contributed by atoms with E-state index in [1.54, 1.807) is 6.26 Å². The minimum Gasteiger partial charge on any atom is -0.493 e.